The first-order valence-corrected chi connectivity index (χ1v) is 8.94. The van der Waals surface area contributed by atoms with Crippen LogP contribution in [0.3, 0.4) is 0 Å². The van der Waals surface area contributed by atoms with Crippen LogP contribution in [0.2, 0.25) is 0 Å². The van der Waals surface area contributed by atoms with Crippen molar-refractivity contribution in [2.24, 2.45) is 13.0 Å². The van der Waals surface area contributed by atoms with Crippen molar-refractivity contribution >= 4 is 15.8 Å². The first-order chi connectivity index (χ1) is 11.0. The van der Waals surface area contributed by atoms with E-state index in [4.69, 9.17) is 5.73 Å². The fourth-order valence-corrected chi connectivity index (χ4v) is 4.40. The molecule has 3 rings (SSSR count). The largest absolute Gasteiger partial charge is 0.382 e. The molecule has 2 aromatic rings. The smallest absolute Gasteiger partial charge is 0.262 e. The highest BCUT2D eigenvalue weighted by Gasteiger charge is 2.32. The molecule has 0 saturated carbocycles. The molecular formula is C14H20N6O2S. The summed E-state index contributed by atoms with van der Waals surface area (Å²) in [5.74, 6) is 0.596. The van der Waals surface area contributed by atoms with Crippen LogP contribution < -0.4 is 5.73 Å². The molecule has 0 radical (unpaired) electrons. The topological polar surface area (TPSA) is 107 Å². The minimum atomic E-state index is -3.54. The maximum absolute atomic E-state index is 12.7. The Morgan fingerprint density at radius 2 is 2.09 bits per heavy atom. The lowest BCUT2D eigenvalue weighted by Crippen LogP contribution is -2.40. The number of nitrogens with zero attached hydrogens (tertiary/aromatic N) is 5. The van der Waals surface area contributed by atoms with Crippen molar-refractivity contribution in [2.75, 3.05) is 18.8 Å². The van der Waals surface area contributed by atoms with E-state index in [1.54, 1.807) is 24.0 Å². The molecular weight excluding hydrogens is 316 g/mol. The second-order valence-electron chi connectivity index (χ2n) is 5.84. The third-order valence-electron chi connectivity index (χ3n) is 4.06. The van der Waals surface area contributed by atoms with Crippen molar-refractivity contribution < 1.29 is 8.42 Å². The monoisotopic (exact) mass is 336 g/mol. The zero-order valence-electron chi connectivity index (χ0n) is 13.0. The summed E-state index contributed by atoms with van der Waals surface area (Å²) in [6.07, 6.45) is 8.58. The predicted octanol–water partition coefficient (Wildman–Crippen LogP) is 0.436. The Kier molecular flexibility index (Phi) is 4.31. The third kappa shape index (κ3) is 3.35. The fourth-order valence-electron chi connectivity index (χ4n) is 2.87. The first-order valence-electron chi connectivity index (χ1n) is 7.50. The SMILES string of the molecule is Cn1cnc(S(=O)(=O)N2CCC[C@@H](Cc3nccnc3N)C2)c1. The zero-order valence-corrected chi connectivity index (χ0v) is 13.8. The van der Waals surface area contributed by atoms with Gasteiger partial charge in [0.15, 0.2) is 5.03 Å². The Hall–Kier alpha value is -2.00. The number of piperidine rings is 1. The minimum Gasteiger partial charge on any atom is -0.382 e. The molecule has 0 aromatic carbocycles. The molecule has 8 nitrogen and oxygen atoms in total. The second kappa shape index (κ2) is 6.25. The van der Waals surface area contributed by atoms with Gasteiger partial charge < -0.3 is 10.3 Å². The van der Waals surface area contributed by atoms with Gasteiger partial charge in [-0.25, -0.2) is 18.4 Å². The summed E-state index contributed by atoms with van der Waals surface area (Å²) < 4.78 is 28.5. The van der Waals surface area contributed by atoms with Gasteiger partial charge in [0.05, 0.1) is 12.0 Å². The van der Waals surface area contributed by atoms with E-state index in [2.05, 4.69) is 15.0 Å². The van der Waals surface area contributed by atoms with Gasteiger partial charge in [-0.1, -0.05) is 0 Å². The van der Waals surface area contributed by atoms with Crippen LogP contribution in [0.5, 0.6) is 0 Å². The van der Waals surface area contributed by atoms with Gasteiger partial charge in [0, 0.05) is 38.7 Å². The summed E-state index contributed by atoms with van der Waals surface area (Å²) in [5.41, 5.74) is 6.56. The average Bonchev–Trinajstić information content (AvgIpc) is 2.97. The van der Waals surface area contributed by atoms with E-state index in [-0.39, 0.29) is 10.9 Å². The van der Waals surface area contributed by atoms with Crippen LogP contribution in [-0.2, 0) is 23.5 Å². The van der Waals surface area contributed by atoms with E-state index in [0.29, 0.717) is 25.3 Å². The lowest BCUT2D eigenvalue weighted by atomic mass is 9.94. The van der Waals surface area contributed by atoms with Crippen LogP contribution in [0.25, 0.3) is 0 Å². The number of rotatable bonds is 4. The molecule has 0 spiro atoms. The zero-order chi connectivity index (χ0) is 16.4. The number of hydrogen-bond donors (Lipinski definition) is 1. The van der Waals surface area contributed by atoms with E-state index in [1.165, 1.54) is 16.8 Å². The summed E-state index contributed by atoms with van der Waals surface area (Å²) in [4.78, 5) is 12.3. The maximum atomic E-state index is 12.7. The van der Waals surface area contributed by atoms with E-state index in [0.717, 1.165) is 18.5 Å². The van der Waals surface area contributed by atoms with Crippen molar-refractivity contribution in [3.63, 3.8) is 0 Å². The van der Waals surface area contributed by atoms with Gasteiger partial charge in [-0.3, -0.25) is 4.98 Å². The second-order valence-corrected chi connectivity index (χ2v) is 7.73. The Balaban J connectivity index is 1.75. The van der Waals surface area contributed by atoms with Gasteiger partial charge in [-0.2, -0.15) is 4.31 Å². The van der Waals surface area contributed by atoms with Crippen LogP contribution in [0.15, 0.2) is 29.9 Å². The van der Waals surface area contributed by atoms with E-state index < -0.39 is 10.0 Å². The standard InChI is InChI=1S/C14H20N6O2S/c1-19-9-13(18-10-19)23(21,22)20-6-2-3-11(8-20)7-12-14(15)17-5-4-16-12/h4-5,9-11H,2-3,6-8H2,1H3,(H2,15,17)/t11-/m0/s1. The molecule has 1 aliphatic rings. The molecule has 1 atom stereocenters. The number of anilines is 1. The number of hydrogen-bond acceptors (Lipinski definition) is 6. The van der Waals surface area contributed by atoms with Crippen LogP contribution in [0, 0.1) is 5.92 Å². The number of aromatic nitrogens is 4. The molecule has 23 heavy (non-hydrogen) atoms. The number of nitrogens with two attached hydrogens (primary N) is 1. The molecule has 124 valence electrons. The predicted molar refractivity (Wildman–Crippen MR) is 84.8 cm³/mol. The fraction of sp³-hybridized carbons (Fsp3) is 0.500. The van der Waals surface area contributed by atoms with Gasteiger partial charge in [-0.05, 0) is 25.2 Å². The van der Waals surface area contributed by atoms with Crippen molar-refractivity contribution in [2.45, 2.75) is 24.3 Å². The van der Waals surface area contributed by atoms with Gasteiger partial charge in [-0.15, -0.1) is 0 Å². The normalized spacial score (nSPS) is 19.8. The maximum Gasteiger partial charge on any atom is 0.262 e. The van der Waals surface area contributed by atoms with Gasteiger partial charge in [0.25, 0.3) is 10.0 Å². The summed E-state index contributed by atoms with van der Waals surface area (Å²) in [7, 11) is -1.79. The van der Waals surface area contributed by atoms with E-state index in [1.807, 2.05) is 0 Å². The summed E-state index contributed by atoms with van der Waals surface area (Å²) in [6, 6.07) is 0. The summed E-state index contributed by atoms with van der Waals surface area (Å²) >= 11 is 0. The number of nitrogen functional groups attached to an aromatic ring is 1. The summed E-state index contributed by atoms with van der Waals surface area (Å²) in [6.45, 7) is 0.972. The molecule has 1 fully saturated rings. The molecule has 0 bridgehead atoms. The van der Waals surface area contributed by atoms with E-state index >= 15 is 0 Å². The number of sulfonamides is 1. The summed E-state index contributed by atoms with van der Waals surface area (Å²) in [5, 5.41) is 0.0969. The van der Waals surface area contributed by atoms with Gasteiger partial charge in [0.1, 0.15) is 5.82 Å². The van der Waals surface area contributed by atoms with E-state index in [9.17, 15) is 8.42 Å². The van der Waals surface area contributed by atoms with Crippen molar-refractivity contribution in [3.8, 4) is 0 Å². The van der Waals surface area contributed by atoms with Crippen molar-refractivity contribution in [1.82, 2.24) is 23.8 Å². The number of aryl methyl sites for hydroxylation is 1. The third-order valence-corrected chi connectivity index (χ3v) is 5.81. The Morgan fingerprint density at radius 1 is 1.30 bits per heavy atom. The van der Waals surface area contributed by atoms with Crippen LogP contribution in [0.4, 0.5) is 5.82 Å². The molecule has 2 N–H and O–H groups in total. The molecule has 9 heteroatoms. The van der Waals surface area contributed by atoms with Crippen molar-refractivity contribution in [3.05, 3.63) is 30.6 Å². The van der Waals surface area contributed by atoms with Crippen molar-refractivity contribution in [1.29, 1.82) is 0 Å². The Morgan fingerprint density at radius 3 is 2.78 bits per heavy atom. The average molecular weight is 336 g/mol. The van der Waals surface area contributed by atoms with Crippen LogP contribution in [-0.4, -0.2) is 45.3 Å². The lowest BCUT2D eigenvalue weighted by molar-refractivity contribution is 0.264. The quantitative estimate of drug-likeness (QED) is 0.868. The highest BCUT2D eigenvalue weighted by Crippen LogP contribution is 2.25. The first kappa shape index (κ1) is 15.9. The number of imidazole rings is 1. The van der Waals surface area contributed by atoms with Crippen LogP contribution in [0.1, 0.15) is 18.5 Å². The lowest BCUT2D eigenvalue weighted by Gasteiger charge is -2.31. The molecule has 0 aliphatic carbocycles. The van der Waals surface area contributed by atoms with Gasteiger partial charge in [0.2, 0.25) is 0 Å². The van der Waals surface area contributed by atoms with Crippen LogP contribution >= 0.6 is 0 Å². The molecule has 0 unspecified atom stereocenters. The highest BCUT2D eigenvalue weighted by atomic mass is 32.2. The highest BCUT2D eigenvalue weighted by molar-refractivity contribution is 7.89. The molecule has 1 saturated heterocycles. The van der Waals surface area contributed by atoms with Gasteiger partial charge >= 0.3 is 0 Å². The Labute approximate surface area is 135 Å². The molecule has 3 heterocycles. The Bertz CT molecular complexity index is 788. The molecule has 0 amide bonds. The minimum absolute atomic E-state index is 0.0969. The molecule has 2 aromatic heterocycles. The molecule has 1 aliphatic heterocycles.